The standard InChI is InChI=1S/C31H20N3.C29H24N5.Pt/c1-3-12-23(13-4-1)32-22-33(29-20-10-9-19-28(29)32)30-21-11-17-26-25-16-7-8-18-27(25)34(31(26)30)24-14-5-2-6-15-24;1-17-8-7-11-23-27(17)32-28-33(23)24-15-20-19-9-5-6-10-21(19)31-22(20)16-25(24)34(28)26-14-18(12-13-30-26)29(2,3)4;/h1-12,14-21H;5-15,31H,1-4H3;/q2*-1;. The maximum Gasteiger partial charge on any atom is 0.268 e. The molecule has 336 valence electrons. The van der Waals surface area contributed by atoms with Gasteiger partial charge in [-0.1, -0.05) is 129 Å². The van der Waals surface area contributed by atoms with Crippen LogP contribution in [-0.4, -0.2) is 33.1 Å². The van der Waals surface area contributed by atoms with Crippen molar-refractivity contribution < 1.29 is 25.6 Å². The van der Waals surface area contributed by atoms with Crippen molar-refractivity contribution in [3.8, 4) is 22.9 Å². The van der Waals surface area contributed by atoms with Crippen LogP contribution in [0.25, 0.3) is 105 Å². The molecule has 14 rings (SSSR count). The molecule has 14 aromatic rings. The van der Waals surface area contributed by atoms with Gasteiger partial charge in [0.25, 0.3) is 6.33 Å². The predicted molar refractivity (Wildman–Crippen MR) is 276 cm³/mol. The van der Waals surface area contributed by atoms with Crippen LogP contribution in [0.3, 0.4) is 0 Å². The number of aryl methyl sites for hydroxylation is 1. The summed E-state index contributed by atoms with van der Waals surface area (Å²) >= 11 is 0. The van der Waals surface area contributed by atoms with Gasteiger partial charge >= 0.3 is 0 Å². The zero-order valence-electron chi connectivity index (χ0n) is 38.3. The van der Waals surface area contributed by atoms with Crippen molar-refractivity contribution in [1.29, 1.82) is 0 Å². The number of fused-ring (bicyclic) bond motifs is 12. The molecule has 0 aliphatic heterocycles. The zero-order chi connectivity index (χ0) is 45.7. The molecule has 0 fully saturated rings. The van der Waals surface area contributed by atoms with E-state index in [2.05, 4.69) is 238 Å². The molecule has 0 unspecified atom stereocenters. The van der Waals surface area contributed by atoms with Crippen molar-refractivity contribution in [2.24, 2.45) is 0 Å². The number of H-pyrrole nitrogens is 1. The Morgan fingerprint density at radius 1 is 0.623 bits per heavy atom. The molecule has 69 heavy (non-hydrogen) atoms. The van der Waals surface area contributed by atoms with Crippen LogP contribution >= 0.6 is 0 Å². The van der Waals surface area contributed by atoms with Gasteiger partial charge in [-0.3, -0.25) is 9.13 Å². The van der Waals surface area contributed by atoms with Gasteiger partial charge in [0, 0.05) is 49.2 Å². The van der Waals surface area contributed by atoms with Crippen molar-refractivity contribution in [3.05, 3.63) is 218 Å². The molecular formula is C60H44N8Pt-2. The normalized spacial score (nSPS) is 11.9. The summed E-state index contributed by atoms with van der Waals surface area (Å²) < 4.78 is 11.0. The van der Waals surface area contributed by atoms with Gasteiger partial charge in [-0.2, -0.15) is 30.3 Å². The molecule has 0 saturated carbocycles. The van der Waals surface area contributed by atoms with Crippen molar-refractivity contribution >= 4 is 82.5 Å². The fourth-order valence-corrected chi connectivity index (χ4v) is 10.0. The Labute approximate surface area is 412 Å². The number of imidazole rings is 3. The number of para-hydroxylation sites is 8. The Kier molecular flexibility index (Phi) is 10.0. The van der Waals surface area contributed by atoms with Crippen LogP contribution in [0.15, 0.2) is 188 Å². The minimum Gasteiger partial charge on any atom is -0.378 e. The Morgan fingerprint density at radius 3 is 2.17 bits per heavy atom. The van der Waals surface area contributed by atoms with E-state index in [1.54, 1.807) is 0 Å². The average Bonchev–Trinajstić information content (AvgIpc) is 4.19. The van der Waals surface area contributed by atoms with Crippen molar-refractivity contribution in [2.45, 2.75) is 33.1 Å². The van der Waals surface area contributed by atoms with Gasteiger partial charge in [-0.15, -0.1) is 17.5 Å². The first-order valence-corrected chi connectivity index (χ1v) is 23.0. The fraction of sp³-hybridized carbons (Fsp3) is 0.0833. The first-order chi connectivity index (χ1) is 33.3. The Hall–Kier alpha value is -8.06. The molecule has 0 atom stereocenters. The first-order valence-electron chi connectivity index (χ1n) is 23.0. The summed E-state index contributed by atoms with van der Waals surface area (Å²) in [5.41, 5.74) is 16.4. The van der Waals surface area contributed by atoms with E-state index in [0.29, 0.717) is 0 Å². The third-order valence-corrected chi connectivity index (χ3v) is 13.3. The Balaban J connectivity index is 0.000000141. The van der Waals surface area contributed by atoms with Crippen LogP contribution in [0, 0.1) is 25.4 Å². The van der Waals surface area contributed by atoms with E-state index in [9.17, 15) is 0 Å². The van der Waals surface area contributed by atoms with Gasteiger partial charge < -0.3 is 18.5 Å². The summed E-state index contributed by atoms with van der Waals surface area (Å²) in [6.07, 6.45) is 5.52. The molecule has 6 heterocycles. The third-order valence-electron chi connectivity index (χ3n) is 13.3. The second kappa shape index (κ2) is 16.3. The number of hydrogen-bond acceptors (Lipinski definition) is 2. The fourth-order valence-electron chi connectivity index (χ4n) is 10.0. The summed E-state index contributed by atoms with van der Waals surface area (Å²) in [4.78, 5) is 13.5. The summed E-state index contributed by atoms with van der Waals surface area (Å²) in [6, 6.07) is 70.5. The van der Waals surface area contributed by atoms with Crippen LogP contribution in [0.2, 0.25) is 0 Å². The summed E-state index contributed by atoms with van der Waals surface area (Å²) in [7, 11) is 0. The van der Waals surface area contributed by atoms with Crippen molar-refractivity contribution in [3.63, 3.8) is 0 Å². The Bertz CT molecular complexity index is 4260. The molecule has 1 N–H and O–H groups in total. The molecule has 9 heteroatoms. The number of pyridine rings is 1. The average molecular weight is 1070 g/mol. The molecule has 0 amide bonds. The molecule has 0 radical (unpaired) electrons. The van der Waals surface area contributed by atoms with Crippen LogP contribution in [0.1, 0.15) is 31.9 Å². The van der Waals surface area contributed by atoms with Gasteiger partial charge in [0.2, 0.25) is 5.78 Å². The third kappa shape index (κ3) is 6.73. The summed E-state index contributed by atoms with van der Waals surface area (Å²) in [5, 5.41) is 4.82. The number of hydrogen-bond donors (Lipinski definition) is 1. The smallest absolute Gasteiger partial charge is 0.268 e. The quantitative estimate of drug-likeness (QED) is 0.141. The molecule has 0 bridgehead atoms. The molecule has 0 saturated heterocycles. The molecular weight excluding hydrogens is 1030 g/mol. The van der Waals surface area contributed by atoms with E-state index in [1.807, 2.05) is 24.4 Å². The number of aromatic amines is 1. The van der Waals surface area contributed by atoms with E-state index in [1.165, 1.54) is 27.2 Å². The predicted octanol–water partition coefficient (Wildman–Crippen LogP) is 13.5. The van der Waals surface area contributed by atoms with Crippen LogP contribution in [0.4, 0.5) is 0 Å². The second-order valence-electron chi connectivity index (χ2n) is 18.5. The van der Waals surface area contributed by atoms with Crippen LogP contribution in [0.5, 0.6) is 0 Å². The van der Waals surface area contributed by atoms with Crippen LogP contribution in [-0.2, 0) is 26.5 Å². The minimum absolute atomic E-state index is 0. The summed E-state index contributed by atoms with van der Waals surface area (Å²) in [6.45, 7) is 8.79. The first kappa shape index (κ1) is 42.3. The monoisotopic (exact) mass is 1070 g/mol. The molecule has 0 aliphatic carbocycles. The van der Waals surface area contributed by atoms with E-state index >= 15 is 0 Å². The van der Waals surface area contributed by atoms with Gasteiger partial charge in [0.05, 0.1) is 38.8 Å². The summed E-state index contributed by atoms with van der Waals surface area (Å²) in [5.74, 6) is 1.71. The van der Waals surface area contributed by atoms with Gasteiger partial charge in [-0.25, -0.2) is 9.97 Å². The number of rotatable bonds is 4. The Morgan fingerprint density at radius 2 is 1.35 bits per heavy atom. The second-order valence-corrected chi connectivity index (χ2v) is 18.5. The molecule has 8 aromatic carbocycles. The molecule has 0 aliphatic rings. The number of nitrogens with zero attached hydrogens (tertiary/aromatic N) is 7. The van der Waals surface area contributed by atoms with Crippen molar-refractivity contribution in [2.75, 3.05) is 0 Å². The number of nitrogens with one attached hydrogen (secondary N) is 1. The molecule has 6 aromatic heterocycles. The van der Waals surface area contributed by atoms with Gasteiger partial charge in [0.15, 0.2) is 0 Å². The minimum atomic E-state index is 0. The van der Waals surface area contributed by atoms with E-state index < -0.39 is 0 Å². The largest absolute Gasteiger partial charge is 0.378 e. The SMILES string of the molecule is Cc1cccc2c1nc1n(-c3cc(C(C)(C)C)ccn3)c3[c-]c4[nH]c5ccccc5c4cc3n21.[Pt].[c-]1ccccc1-n1[c-][n+](-c2cccc3c4ccccc4n(-c4ccccc4)c23)c2ccccc21. The van der Waals surface area contributed by atoms with Crippen molar-refractivity contribution in [1.82, 2.24) is 33.1 Å². The molecule has 0 spiro atoms. The number of aromatic nitrogens is 8. The van der Waals surface area contributed by atoms with Gasteiger partial charge in [0.1, 0.15) is 5.82 Å². The van der Waals surface area contributed by atoms with E-state index in [4.69, 9.17) is 9.97 Å². The topological polar surface area (TPSA) is 64.7 Å². The zero-order valence-corrected chi connectivity index (χ0v) is 40.6. The van der Waals surface area contributed by atoms with E-state index in [0.717, 1.165) is 89.3 Å². The van der Waals surface area contributed by atoms with Crippen LogP contribution < -0.4 is 4.57 Å². The van der Waals surface area contributed by atoms with Gasteiger partial charge in [-0.05, 0) is 94.1 Å². The molecule has 8 nitrogen and oxygen atoms in total. The maximum absolute atomic E-state index is 5.11. The number of benzene rings is 8. The maximum atomic E-state index is 5.11. The van der Waals surface area contributed by atoms with E-state index in [-0.39, 0.29) is 26.5 Å².